The van der Waals surface area contributed by atoms with E-state index in [-0.39, 0.29) is 27.5 Å². The fraction of sp³-hybridized carbons (Fsp3) is 0.417. The molecular weight excluding hydrogens is 316 g/mol. The van der Waals surface area contributed by atoms with Crippen molar-refractivity contribution in [1.82, 2.24) is 5.32 Å². The lowest BCUT2D eigenvalue weighted by atomic mass is 10.1. The van der Waals surface area contributed by atoms with Crippen LogP contribution in [0.5, 0.6) is 0 Å². The van der Waals surface area contributed by atoms with Crippen LogP contribution in [0.3, 0.4) is 0 Å². The van der Waals surface area contributed by atoms with Gasteiger partial charge in [0.25, 0.3) is 11.6 Å². The highest BCUT2D eigenvalue weighted by Crippen LogP contribution is 2.28. The van der Waals surface area contributed by atoms with E-state index in [1.54, 1.807) is 7.11 Å². The third kappa shape index (κ3) is 4.29. The number of nitro groups is 1. The summed E-state index contributed by atoms with van der Waals surface area (Å²) in [5.41, 5.74) is 0.122. The fourth-order valence-corrected chi connectivity index (χ4v) is 2.13. The number of nitro benzene ring substituents is 1. The van der Waals surface area contributed by atoms with Crippen molar-refractivity contribution in [2.24, 2.45) is 5.92 Å². The third-order valence-electron chi connectivity index (χ3n) is 2.48. The Kier molecular flexibility index (Phi) is 5.91. The van der Waals surface area contributed by atoms with E-state index < -0.39 is 4.92 Å². The maximum atomic E-state index is 11.9. The normalized spacial score (nSPS) is 11.9. The Labute approximate surface area is 119 Å². The SMILES string of the molecule is COCC(C)CNC(=O)c1cccc([N+](=O)[O-])c1Br. The van der Waals surface area contributed by atoms with Gasteiger partial charge in [0.15, 0.2) is 0 Å². The van der Waals surface area contributed by atoms with Crippen molar-refractivity contribution in [2.45, 2.75) is 6.92 Å². The molecule has 0 aliphatic carbocycles. The van der Waals surface area contributed by atoms with Gasteiger partial charge in [0.05, 0.1) is 17.1 Å². The molecule has 0 aromatic heterocycles. The lowest BCUT2D eigenvalue weighted by Gasteiger charge is -2.12. The number of carbonyl (C=O) groups excluding carboxylic acids is 1. The summed E-state index contributed by atoms with van der Waals surface area (Å²) in [6.45, 7) is 2.92. The van der Waals surface area contributed by atoms with E-state index in [1.165, 1.54) is 18.2 Å². The molecular formula is C12H15BrN2O4. The summed E-state index contributed by atoms with van der Waals surface area (Å²) in [6, 6.07) is 4.36. The lowest BCUT2D eigenvalue weighted by molar-refractivity contribution is -0.385. The minimum Gasteiger partial charge on any atom is -0.384 e. The minimum atomic E-state index is -0.533. The van der Waals surface area contributed by atoms with Gasteiger partial charge in [-0.25, -0.2) is 0 Å². The molecule has 0 fully saturated rings. The Morgan fingerprint density at radius 1 is 1.58 bits per heavy atom. The number of ether oxygens (including phenoxy) is 1. The molecule has 1 aromatic rings. The van der Waals surface area contributed by atoms with Gasteiger partial charge in [-0.15, -0.1) is 0 Å². The number of amides is 1. The van der Waals surface area contributed by atoms with E-state index in [9.17, 15) is 14.9 Å². The Morgan fingerprint density at radius 3 is 2.84 bits per heavy atom. The number of nitrogens with zero attached hydrogens (tertiary/aromatic N) is 1. The molecule has 1 amide bonds. The van der Waals surface area contributed by atoms with Crippen LogP contribution < -0.4 is 5.32 Å². The fourth-order valence-electron chi connectivity index (χ4n) is 1.54. The number of rotatable bonds is 6. The first-order chi connectivity index (χ1) is 8.97. The number of nitrogens with one attached hydrogen (secondary N) is 1. The van der Waals surface area contributed by atoms with Crippen molar-refractivity contribution in [3.63, 3.8) is 0 Å². The number of carbonyl (C=O) groups is 1. The summed E-state index contributed by atoms with van der Waals surface area (Å²) in [5, 5.41) is 13.5. The highest BCUT2D eigenvalue weighted by Gasteiger charge is 2.19. The van der Waals surface area contributed by atoms with Crippen LogP contribution in [-0.4, -0.2) is 31.1 Å². The number of hydrogen-bond acceptors (Lipinski definition) is 4. The van der Waals surface area contributed by atoms with Crippen LogP contribution in [0.15, 0.2) is 22.7 Å². The number of benzene rings is 1. The van der Waals surface area contributed by atoms with Crippen LogP contribution in [-0.2, 0) is 4.74 Å². The van der Waals surface area contributed by atoms with E-state index in [4.69, 9.17) is 4.74 Å². The Morgan fingerprint density at radius 2 is 2.26 bits per heavy atom. The van der Waals surface area contributed by atoms with Gasteiger partial charge >= 0.3 is 0 Å². The van der Waals surface area contributed by atoms with Crippen molar-refractivity contribution < 1.29 is 14.5 Å². The zero-order chi connectivity index (χ0) is 14.4. The zero-order valence-electron chi connectivity index (χ0n) is 10.7. The van der Waals surface area contributed by atoms with Crippen molar-refractivity contribution in [2.75, 3.05) is 20.3 Å². The molecule has 0 aliphatic rings. The number of methoxy groups -OCH3 is 1. The molecule has 0 bridgehead atoms. The molecule has 0 heterocycles. The predicted molar refractivity (Wildman–Crippen MR) is 74.2 cm³/mol. The van der Waals surface area contributed by atoms with Crippen LogP contribution >= 0.6 is 15.9 Å². The van der Waals surface area contributed by atoms with Gasteiger partial charge in [0.1, 0.15) is 4.47 Å². The summed E-state index contributed by atoms with van der Waals surface area (Å²) in [6.07, 6.45) is 0. The topological polar surface area (TPSA) is 81.5 Å². The molecule has 0 aliphatic heterocycles. The second-order valence-corrected chi connectivity index (χ2v) is 4.96. The van der Waals surface area contributed by atoms with Crippen LogP contribution in [0.25, 0.3) is 0 Å². The number of halogens is 1. The molecule has 6 nitrogen and oxygen atoms in total. The van der Waals surface area contributed by atoms with Gasteiger partial charge in [-0.2, -0.15) is 0 Å². The Bertz CT molecular complexity index is 479. The van der Waals surface area contributed by atoms with E-state index in [2.05, 4.69) is 21.2 Å². The smallest absolute Gasteiger partial charge is 0.284 e. The molecule has 7 heteroatoms. The summed E-state index contributed by atoms with van der Waals surface area (Å²) < 4.78 is 5.16. The van der Waals surface area contributed by atoms with Crippen LogP contribution in [0, 0.1) is 16.0 Å². The molecule has 19 heavy (non-hydrogen) atoms. The van der Waals surface area contributed by atoms with Crippen LogP contribution in [0.4, 0.5) is 5.69 Å². The van der Waals surface area contributed by atoms with Crippen molar-refractivity contribution in [3.8, 4) is 0 Å². The van der Waals surface area contributed by atoms with Crippen molar-refractivity contribution >= 4 is 27.5 Å². The molecule has 1 rings (SSSR count). The molecule has 1 aromatic carbocycles. The molecule has 0 saturated heterocycles. The third-order valence-corrected chi connectivity index (χ3v) is 3.32. The van der Waals surface area contributed by atoms with Gasteiger partial charge in [0, 0.05) is 19.7 Å². The van der Waals surface area contributed by atoms with E-state index >= 15 is 0 Å². The van der Waals surface area contributed by atoms with Gasteiger partial charge < -0.3 is 10.1 Å². The standard InChI is InChI=1S/C12H15BrN2O4/c1-8(7-19-2)6-14-12(16)9-4-3-5-10(11(9)13)15(17)18/h3-5,8H,6-7H2,1-2H3,(H,14,16). The Balaban J connectivity index is 2.78. The summed E-state index contributed by atoms with van der Waals surface area (Å²) >= 11 is 3.09. The molecule has 0 radical (unpaired) electrons. The molecule has 104 valence electrons. The average Bonchev–Trinajstić information content (AvgIpc) is 2.36. The zero-order valence-corrected chi connectivity index (χ0v) is 12.3. The first kappa shape index (κ1) is 15.6. The quantitative estimate of drug-likeness (QED) is 0.641. The Hall–Kier alpha value is -1.47. The van der Waals surface area contributed by atoms with Gasteiger partial charge in [-0.3, -0.25) is 14.9 Å². The summed E-state index contributed by atoms with van der Waals surface area (Å²) in [5.74, 6) is -0.176. The van der Waals surface area contributed by atoms with Gasteiger partial charge in [0.2, 0.25) is 0 Å². The average molecular weight is 331 g/mol. The highest BCUT2D eigenvalue weighted by atomic mass is 79.9. The van der Waals surface area contributed by atoms with Crippen molar-refractivity contribution in [3.05, 3.63) is 38.3 Å². The first-order valence-corrected chi connectivity index (χ1v) is 6.46. The van der Waals surface area contributed by atoms with Crippen LogP contribution in [0.1, 0.15) is 17.3 Å². The summed E-state index contributed by atoms with van der Waals surface area (Å²) in [7, 11) is 1.59. The molecule has 1 N–H and O–H groups in total. The summed E-state index contributed by atoms with van der Waals surface area (Å²) in [4.78, 5) is 22.2. The molecule has 1 atom stereocenters. The second-order valence-electron chi connectivity index (χ2n) is 4.17. The lowest BCUT2D eigenvalue weighted by Crippen LogP contribution is -2.30. The second kappa shape index (κ2) is 7.20. The van der Waals surface area contributed by atoms with Gasteiger partial charge in [-0.1, -0.05) is 13.0 Å². The van der Waals surface area contributed by atoms with E-state index in [0.29, 0.717) is 13.2 Å². The largest absolute Gasteiger partial charge is 0.384 e. The predicted octanol–water partition coefficient (Wildman–Crippen LogP) is 2.37. The first-order valence-electron chi connectivity index (χ1n) is 5.67. The maximum absolute atomic E-state index is 11.9. The molecule has 0 saturated carbocycles. The monoisotopic (exact) mass is 330 g/mol. The highest BCUT2D eigenvalue weighted by molar-refractivity contribution is 9.10. The molecule has 0 spiro atoms. The van der Waals surface area contributed by atoms with E-state index in [1.807, 2.05) is 6.92 Å². The van der Waals surface area contributed by atoms with E-state index in [0.717, 1.165) is 0 Å². The van der Waals surface area contributed by atoms with Crippen LogP contribution in [0.2, 0.25) is 0 Å². The molecule has 1 unspecified atom stereocenters. The maximum Gasteiger partial charge on any atom is 0.284 e. The minimum absolute atomic E-state index is 0.127. The van der Waals surface area contributed by atoms with Gasteiger partial charge in [-0.05, 0) is 27.9 Å². The number of hydrogen-bond donors (Lipinski definition) is 1. The van der Waals surface area contributed by atoms with Crippen molar-refractivity contribution in [1.29, 1.82) is 0 Å².